The van der Waals surface area contributed by atoms with Crippen molar-refractivity contribution < 1.29 is 9.72 Å². The van der Waals surface area contributed by atoms with Crippen LogP contribution in [0.3, 0.4) is 0 Å². The Labute approximate surface area is 84.3 Å². The van der Waals surface area contributed by atoms with Gasteiger partial charge in [0.15, 0.2) is 0 Å². The predicted octanol–water partition coefficient (Wildman–Crippen LogP) is -0.531. The van der Waals surface area contributed by atoms with E-state index in [2.05, 4.69) is 5.10 Å². The maximum atomic E-state index is 11.4. The average Bonchev–Trinajstić information content (AvgIpc) is 2.41. The van der Waals surface area contributed by atoms with Crippen molar-refractivity contribution in [3.8, 4) is 0 Å². The third-order valence-corrected chi connectivity index (χ3v) is 1.86. The van der Waals surface area contributed by atoms with Gasteiger partial charge in [-0.05, 0) is 11.8 Å². The number of nitro groups is 1. The minimum Gasteiger partial charge on any atom is -0.390 e. The Hall–Kier alpha value is -1.99. The van der Waals surface area contributed by atoms with Crippen molar-refractivity contribution in [3.63, 3.8) is 0 Å². The zero-order chi connectivity index (χ0) is 11.6. The van der Waals surface area contributed by atoms with Crippen LogP contribution in [0.25, 0.3) is 0 Å². The summed E-state index contributed by atoms with van der Waals surface area (Å²) in [5, 5.41) is 13.9. The molecule has 0 unspecified atom stereocenters. The standard InChI is InChI=1S/C7H10N4O4/c1-5(12)3-4-10-7(13)9(2)6(8-10)11(14)15/h3-4H2,1-2H3. The highest BCUT2D eigenvalue weighted by Gasteiger charge is 2.20. The molecule has 8 heteroatoms. The Morgan fingerprint density at radius 3 is 2.60 bits per heavy atom. The Kier molecular flexibility index (Phi) is 2.98. The number of nitrogens with zero attached hydrogens (tertiary/aromatic N) is 4. The van der Waals surface area contributed by atoms with E-state index in [-0.39, 0.29) is 18.7 Å². The van der Waals surface area contributed by atoms with Crippen LogP contribution < -0.4 is 5.69 Å². The topological polar surface area (TPSA) is 100 Å². The first-order valence-electron chi connectivity index (χ1n) is 4.21. The fourth-order valence-electron chi connectivity index (χ4n) is 1.04. The molecule has 0 radical (unpaired) electrons. The molecule has 0 amide bonds. The molecule has 15 heavy (non-hydrogen) atoms. The van der Waals surface area contributed by atoms with E-state index in [9.17, 15) is 19.7 Å². The highest BCUT2D eigenvalue weighted by Crippen LogP contribution is 2.01. The van der Waals surface area contributed by atoms with Gasteiger partial charge < -0.3 is 10.1 Å². The molecule has 0 bridgehead atoms. The van der Waals surface area contributed by atoms with Gasteiger partial charge in [-0.1, -0.05) is 0 Å². The van der Waals surface area contributed by atoms with Crippen molar-refractivity contribution in [2.45, 2.75) is 19.9 Å². The highest BCUT2D eigenvalue weighted by molar-refractivity contribution is 5.75. The first kappa shape index (κ1) is 11.1. The van der Waals surface area contributed by atoms with Crippen molar-refractivity contribution in [1.29, 1.82) is 0 Å². The lowest BCUT2D eigenvalue weighted by Crippen LogP contribution is -2.24. The minimum atomic E-state index is -0.744. The number of aryl methyl sites for hydroxylation is 1. The van der Waals surface area contributed by atoms with Crippen LogP contribution in [0, 0.1) is 10.1 Å². The molecule has 0 N–H and O–H groups in total. The van der Waals surface area contributed by atoms with Gasteiger partial charge >= 0.3 is 11.6 Å². The summed E-state index contributed by atoms with van der Waals surface area (Å²) in [5.74, 6) is -0.626. The van der Waals surface area contributed by atoms with Gasteiger partial charge in [0.1, 0.15) is 5.78 Å². The van der Waals surface area contributed by atoms with Gasteiger partial charge in [0.25, 0.3) is 0 Å². The molecule has 1 heterocycles. The number of carbonyl (C=O) groups excluding carboxylic acids is 1. The van der Waals surface area contributed by atoms with Crippen molar-refractivity contribution >= 4 is 11.7 Å². The summed E-state index contributed by atoms with van der Waals surface area (Å²) in [4.78, 5) is 31.7. The molecular weight excluding hydrogens is 204 g/mol. The van der Waals surface area contributed by atoms with E-state index in [1.165, 1.54) is 14.0 Å². The number of rotatable bonds is 4. The molecule has 0 spiro atoms. The van der Waals surface area contributed by atoms with E-state index in [0.717, 1.165) is 9.25 Å². The van der Waals surface area contributed by atoms with Crippen LogP contribution in [-0.2, 0) is 18.4 Å². The monoisotopic (exact) mass is 214 g/mol. The lowest BCUT2D eigenvalue weighted by Gasteiger charge is -1.90. The van der Waals surface area contributed by atoms with E-state index >= 15 is 0 Å². The summed E-state index contributed by atoms with van der Waals surface area (Å²) in [6.45, 7) is 1.44. The molecule has 8 nitrogen and oxygen atoms in total. The SMILES string of the molecule is CC(=O)CCn1nc([N+](=O)[O-])n(C)c1=O. The number of ketones is 1. The average molecular weight is 214 g/mol. The van der Waals surface area contributed by atoms with E-state index in [1.807, 2.05) is 0 Å². The van der Waals surface area contributed by atoms with Gasteiger partial charge in [0.05, 0.1) is 13.6 Å². The second-order valence-electron chi connectivity index (χ2n) is 3.07. The van der Waals surface area contributed by atoms with Crippen LogP contribution in [0.2, 0.25) is 0 Å². The molecule has 1 aromatic heterocycles. The van der Waals surface area contributed by atoms with E-state index in [0.29, 0.717) is 0 Å². The number of Topliss-reactive ketones (excluding diaryl/α,β-unsaturated/α-hetero) is 1. The van der Waals surface area contributed by atoms with Gasteiger partial charge in [-0.15, -0.1) is 4.68 Å². The molecule has 0 fully saturated rings. The quantitative estimate of drug-likeness (QED) is 0.495. The molecule has 1 rings (SSSR count). The Bertz CT molecular complexity index is 458. The van der Waals surface area contributed by atoms with Crippen molar-refractivity contribution in [2.24, 2.45) is 7.05 Å². The smallest absolute Gasteiger partial charge is 0.390 e. The third kappa shape index (κ3) is 2.27. The normalized spacial score (nSPS) is 10.3. The number of hydrogen-bond donors (Lipinski definition) is 0. The first-order valence-corrected chi connectivity index (χ1v) is 4.21. The largest absolute Gasteiger partial charge is 0.459 e. The lowest BCUT2D eigenvalue weighted by atomic mass is 10.3. The Morgan fingerprint density at radius 2 is 2.20 bits per heavy atom. The zero-order valence-corrected chi connectivity index (χ0v) is 8.34. The second kappa shape index (κ2) is 4.03. The van der Waals surface area contributed by atoms with Gasteiger partial charge in [0, 0.05) is 11.5 Å². The second-order valence-corrected chi connectivity index (χ2v) is 3.07. The fourth-order valence-corrected chi connectivity index (χ4v) is 1.04. The van der Waals surface area contributed by atoms with Gasteiger partial charge in [0.2, 0.25) is 0 Å². The highest BCUT2D eigenvalue weighted by atomic mass is 16.6. The van der Waals surface area contributed by atoms with Crippen LogP contribution >= 0.6 is 0 Å². The molecule has 0 aliphatic heterocycles. The van der Waals surface area contributed by atoms with Crippen LogP contribution in [0.5, 0.6) is 0 Å². The summed E-state index contributed by atoms with van der Waals surface area (Å²) in [7, 11) is 1.26. The molecule has 0 aromatic carbocycles. The maximum Gasteiger partial charge on any atom is 0.459 e. The summed E-state index contributed by atoms with van der Waals surface area (Å²) >= 11 is 0. The van der Waals surface area contributed by atoms with Gasteiger partial charge in [-0.25, -0.2) is 4.79 Å². The van der Waals surface area contributed by atoms with E-state index in [4.69, 9.17) is 0 Å². The summed E-state index contributed by atoms with van der Waals surface area (Å²) in [6.07, 6.45) is 0.133. The lowest BCUT2D eigenvalue weighted by molar-refractivity contribution is -0.397. The molecule has 0 atom stereocenters. The minimum absolute atomic E-state index is 0.0653. The first-order chi connectivity index (χ1) is 6.93. The molecule has 0 saturated heterocycles. The summed E-state index contributed by atoms with van der Waals surface area (Å²) < 4.78 is 1.75. The van der Waals surface area contributed by atoms with Gasteiger partial charge in [-0.2, -0.15) is 4.57 Å². The van der Waals surface area contributed by atoms with Crippen LogP contribution in [-0.4, -0.2) is 25.1 Å². The van der Waals surface area contributed by atoms with E-state index in [1.54, 1.807) is 0 Å². The molecule has 0 saturated carbocycles. The summed E-state index contributed by atoms with van der Waals surface area (Å²) in [6, 6.07) is 0. The van der Waals surface area contributed by atoms with Crippen molar-refractivity contribution in [3.05, 3.63) is 20.6 Å². The molecule has 0 aliphatic carbocycles. The number of hydrogen-bond acceptors (Lipinski definition) is 5. The van der Waals surface area contributed by atoms with Crippen LogP contribution in [0.4, 0.5) is 5.95 Å². The fraction of sp³-hybridized carbons (Fsp3) is 0.571. The molecule has 82 valence electrons. The van der Waals surface area contributed by atoms with Crippen LogP contribution in [0.15, 0.2) is 4.79 Å². The Morgan fingerprint density at radius 1 is 1.60 bits per heavy atom. The molecule has 0 aliphatic rings. The predicted molar refractivity (Wildman–Crippen MR) is 49.4 cm³/mol. The van der Waals surface area contributed by atoms with Gasteiger partial charge in [-0.3, -0.25) is 4.79 Å². The third-order valence-electron chi connectivity index (χ3n) is 1.86. The van der Waals surface area contributed by atoms with Crippen molar-refractivity contribution in [1.82, 2.24) is 14.3 Å². The number of aromatic nitrogens is 3. The maximum absolute atomic E-state index is 11.4. The molecule has 1 aromatic rings. The summed E-state index contributed by atoms with van der Waals surface area (Å²) in [5.41, 5.74) is -0.594. The number of carbonyl (C=O) groups is 1. The molecular formula is C7H10N4O4. The van der Waals surface area contributed by atoms with Crippen LogP contribution in [0.1, 0.15) is 13.3 Å². The van der Waals surface area contributed by atoms with E-state index < -0.39 is 16.6 Å². The van der Waals surface area contributed by atoms with Crippen molar-refractivity contribution in [2.75, 3.05) is 0 Å². The zero-order valence-electron chi connectivity index (χ0n) is 8.34. The Balaban J connectivity index is 3.01.